The van der Waals surface area contributed by atoms with Crippen LogP contribution in [0.25, 0.3) is 0 Å². The first-order valence-electron chi connectivity index (χ1n) is 5.86. The smallest absolute Gasteiger partial charge is 0.172 e. The van der Waals surface area contributed by atoms with Gasteiger partial charge < -0.3 is 10.9 Å². The molecule has 19 heavy (non-hydrogen) atoms. The van der Waals surface area contributed by atoms with Crippen LogP contribution in [0.15, 0.2) is 32.2 Å². The first-order chi connectivity index (χ1) is 9.28. The summed E-state index contributed by atoms with van der Waals surface area (Å²) in [5.41, 5.74) is 8.75. The van der Waals surface area contributed by atoms with Crippen molar-refractivity contribution in [3.63, 3.8) is 0 Å². The lowest BCUT2D eigenvalue weighted by atomic mass is 10.1. The summed E-state index contributed by atoms with van der Waals surface area (Å²) in [5, 5.41) is 14.7. The van der Waals surface area contributed by atoms with E-state index in [-0.39, 0.29) is 5.84 Å². The molecular weight excluding hydrogens is 280 g/mol. The fourth-order valence-corrected chi connectivity index (χ4v) is 3.78. The third-order valence-corrected chi connectivity index (χ3v) is 4.88. The first kappa shape index (κ1) is 12.4. The van der Waals surface area contributed by atoms with E-state index in [2.05, 4.69) is 15.1 Å². The number of aryl methyl sites for hydroxylation is 2. The molecule has 7 heteroatoms. The topological polar surface area (TPSA) is 84.4 Å². The predicted octanol–water partition coefficient (Wildman–Crippen LogP) is 2.27. The fourth-order valence-electron chi connectivity index (χ4n) is 2.11. The maximum atomic E-state index is 8.90. The highest BCUT2D eigenvalue weighted by Gasteiger charge is 2.19. The third kappa shape index (κ3) is 2.43. The minimum absolute atomic E-state index is 0.0984. The van der Waals surface area contributed by atoms with Gasteiger partial charge in [-0.3, -0.25) is 0 Å². The number of hydrogen-bond donors (Lipinski definition) is 2. The van der Waals surface area contributed by atoms with Crippen LogP contribution in [0.1, 0.15) is 23.2 Å². The Morgan fingerprint density at radius 1 is 1.47 bits per heavy atom. The van der Waals surface area contributed by atoms with Crippen molar-refractivity contribution in [1.29, 1.82) is 0 Å². The number of fused-ring (bicyclic) bond motifs is 1. The average molecular weight is 292 g/mol. The van der Waals surface area contributed by atoms with E-state index in [1.165, 1.54) is 17.3 Å². The fraction of sp³-hybridized carbons (Fsp3) is 0.250. The Labute approximate surface area is 118 Å². The van der Waals surface area contributed by atoms with Crippen LogP contribution < -0.4 is 5.73 Å². The van der Waals surface area contributed by atoms with Gasteiger partial charge >= 0.3 is 0 Å². The minimum atomic E-state index is 0.0984. The van der Waals surface area contributed by atoms with Crippen LogP contribution in [0.5, 0.6) is 0 Å². The summed E-state index contributed by atoms with van der Waals surface area (Å²) in [4.78, 5) is 8.88. The molecule has 0 atom stereocenters. The van der Waals surface area contributed by atoms with E-state index < -0.39 is 0 Å². The predicted molar refractivity (Wildman–Crippen MR) is 75.0 cm³/mol. The van der Waals surface area contributed by atoms with Crippen LogP contribution in [-0.4, -0.2) is 21.0 Å². The van der Waals surface area contributed by atoms with Gasteiger partial charge in [-0.2, -0.15) is 0 Å². The molecule has 0 saturated heterocycles. The number of amidine groups is 1. The molecule has 0 bridgehead atoms. The van der Waals surface area contributed by atoms with E-state index in [1.807, 2.05) is 11.4 Å². The molecule has 0 unspecified atom stereocenters. The molecule has 0 saturated carbocycles. The zero-order valence-corrected chi connectivity index (χ0v) is 11.7. The number of oxime groups is 1. The van der Waals surface area contributed by atoms with Gasteiger partial charge in [0.2, 0.25) is 0 Å². The van der Waals surface area contributed by atoms with Crippen LogP contribution in [0.4, 0.5) is 0 Å². The van der Waals surface area contributed by atoms with Crippen molar-refractivity contribution in [2.24, 2.45) is 10.9 Å². The van der Waals surface area contributed by atoms with Gasteiger partial charge in [-0.1, -0.05) is 5.16 Å². The molecule has 0 amide bonds. The van der Waals surface area contributed by atoms with E-state index in [0.717, 1.165) is 34.3 Å². The van der Waals surface area contributed by atoms with Crippen molar-refractivity contribution in [2.75, 3.05) is 0 Å². The molecule has 0 fully saturated rings. The Bertz CT molecular complexity index is 625. The molecular formula is C12H12N4OS2. The zero-order valence-electron chi connectivity index (χ0n) is 10.0. The van der Waals surface area contributed by atoms with Crippen molar-refractivity contribution >= 4 is 28.9 Å². The average Bonchev–Trinajstić information content (AvgIpc) is 3.07. The maximum Gasteiger partial charge on any atom is 0.172 e. The molecule has 2 aromatic heterocycles. The molecule has 0 radical (unpaired) electrons. The summed E-state index contributed by atoms with van der Waals surface area (Å²) in [6, 6.07) is 1.99. The normalized spacial score (nSPS) is 14.6. The summed E-state index contributed by atoms with van der Waals surface area (Å²) in [5.74, 6) is 0.0984. The van der Waals surface area contributed by atoms with E-state index in [9.17, 15) is 0 Å². The molecule has 3 rings (SSSR count). The van der Waals surface area contributed by atoms with E-state index in [4.69, 9.17) is 10.9 Å². The van der Waals surface area contributed by atoms with E-state index in [1.54, 1.807) is 17.5 Å². The molecule has 3 N–H and O–H groups in total. The summed E-state index contributed by atoms with van der Waals surface area (Å²) in [7, 11) is 0. The lowest BCUT2D eigenvalue weighted by Gasteiger charge is -2.08. The second-order valence-electron chi connectivity index (χ2n) is 4.19. The van der Waals surface area contributed by atoms with Crippen LogP contribution in [0, 0.1) is 0 Å². The Morgan fingerprint density at radius 3 is 3.11 bits per heavy atom. The van der Waals surface area contributed by atoms with Crippen molar-refractivity contribution < 1.29 is 5.21 Å². The van der Waals surface area contributed by atoms with Crippen LogP contribution in [0.3, 0.4) is 0 Å². The van der Waals surface area contributed by atoms with Crippen molar-refractivity contribution in [1.82, 2.24) is 9.97 Å². The first-order valence-corrected chi connectivity index (χ1v) is 7.55. The van der Waals surface area contributed by atoms with Gasteiger partial charge in [-0.25, -0.2) is 9.97 Å². The Morgan fingerprint density at radius 2 is 2.37 bits per heavy atom. The Kier molecular flexibility index (Phi) is 3.39. The molecule has 0 spiro atoms. The summed E-state index contributed by atoms with van der Waals surface area (Å²) in [6.45, 7) is 0. The van der Waals surface area contributed by atoms with Gasteiger partial charge in [-0.05, 0) is 42.7 Å². The molecule has 2 heterocycles. The third-order valence-electron chi connectivity index (χ3n) is 2.99. The van der Waals surface area contributed by atoms with Gasteiger partial charge in [0.15, 0.2) is 10.2 Å². The van der Waals surface area contributed by atoms with Gasteiger partial charge in [0.25, 0.3) is 0 Å². The van der Waals surface area contributed by atoms with Crippen molar-refractivity contribution in [3.05, 3.63) is 34.5 Å². The second kappa shape index (κ2) is 5.18. The number of nitrogens with two attached hydrogens (primary N) is 1. The molecule has 98 valence electrons. The van der Waals surface area contributed by atoms with E-state index in [0.29, 0.717) is 5.56 Å². The second-order valence-corrected chi connectivity index (χ2v) is 6.32. The monoisotopic (exact) mass is 292 g/mol. The van der Waals surface area contributed by atoms with Crippen molar-refractivity contribution in [2.45, 2.75) is 28.6 Å². The Hall–Kier alpha value is -1.60. The summed E-state index contributed by atoms with van der Waals surface area (Å²) >= 11 is 3.00. The van der Waals surface area contributed by atoms with Gasteiger partial charge in [0.05, 0.1) is 5.56 Å². The van der Waals surface area contributed by atoms with Crippen LogP contribution >= 0.6 is 23.1 Å². The lowest BCUT2D eigenvalue weighted by Crippen LogP contribution is -2.16. The van der Waals surface area contributed by atoms with Gasteiger partial charge in [0.1, 0.15) is 5.03 Å². The molecule has 1 aliphatic carbocycles. The number of rotatable bonds is 3. The Balaban J connectivity index is 2.05. The molecule has 0 aromatic carbocycles. The number of nitrogens with zero attached hydrogens (tertiary/aromatic N) is 3. The summed E-state index contributed by atoms with van der Waals surface area (Å²) < 4.78 is 0.900. The highest BCUT2D eigenvalue weighted by Crippen LogP contribution is 2.33. The van der Waals surface area contributed by atoms with Crippen LogP contribution in [0.2, 0.25) is 0 Å². The quantitative estimate of drug-likeness (QED) is 0.392. The summed E-state index contributed by atoms with van der Waals surface area (Å²) in [6.07, 6.45) is 4.88. The minimum Gasteiger partial charge on any atom is -0.409 e. The van der Waals surface area contributed by atoms with E-state index >= 15 is 0 Å². The molecule has 0 aliphatic heterocycles. The van der Waals surface area contributed by atoms with Gasteiger partial charge in [-0.15, -0.1) is 11.3 Å². The number of pyridine rings is 1. The number of aromatic nitrogens is 2. The van der Waals surface area contributed by atoms with Gasteiger partial charge in [0, 0.05) is 17.3 Å². The largest absolute Gasteiger partial charge is 0.409 e. The SMILES string of the molecule is NC(=NO)c1cc2c(nc1Sc1nccs1)CCC2. The lowest BCUT2D eigenvalue weighted by molar-refractivity contribution is 0.318. The number of thiazole rings is 1. The standard InChI is InChI=1S/C12H12N4OS2/c13-10(16-17)8-6-7-2-1-3-9(7)15-11(8)19-12-14-4-5-18-12/h4-6,17H,1-3H2,(H2,13,16). The molecule has 1 aliphatic rings. The zero-order chi connectivity index (χ0) is 13.2. The highest BCUT2D eigenvalue weighted by atomic mass is 32.2. The highest BCUT2D eigenvalue weighted by molar-refractivity contribution is 8.01. The molecule has 2 aromatic rings. The van der Waals surface area contributed by atoms with Crippen molar-refractivity contribution in [3.8, 4) is 0 Å². The van der Waals surface area contributed by atoms with Crippen LogP contribution in [-0.2, 0) is 12.8 Å². The maximum absolute atomic E-state index is 8.90. The molecule has 5 nitrogen and oxygen atoms in total. The number of hydrogen-bond acceptors (Lipinski definition) is 6.